The van der Waals surface area contributed by atoms with Crippen LogP contribution in [-0.2, 0) is 11.3 Å². The van der Waals surface area contributed by atoms with Crippen molar-refractivity contribution in [2.75, 3.05) is 0 Å². The number of ether oxygens (including phenoxy) is 1. The Balaban J connectivity index is 1.69. The van der Waals surface area contributed by atoms with Gasteiger partial charge in [0.15, 0.2) is 0 Å². The first-order valence-corrected chi connectivity index (χ1v) is 9.60. The van der Waals surface area contributed by atoms with Crippen molar-refractivity contribution in [1.29, 1.82) is 5.41 Å². The van der Waals surface area contributed by atoms with Gasteiger partial charge in [0.1, 0.15) is 30.1 Å². The minimum absolute atomic E-state index is 0.307. The minimum atomic E-state index is -0.326. The van der Waals surface area contributed by atoms with E-state index in [4.69, 9.17) is 10.1 Å². The third-order valence-electron chi connectivity index (χ3n) is 4.72. The number of benzene rings is 2. The summed E-state index contributed by atoms with van der Waals surface area (Å²) < 4.78 is 19.3. The van der Waals surface area contributed by atoms with Crippen molar-refractivity contribution in [3.63, 3.8) is 0 Å². The molecule has 3 aromatic rings. The van der Waals surface area contributed by atoms with Gasteiger partial charge in [-0.3, -0.25) is 15.7 Å². The van der Waals surface area contributed by atoms with E-state index in [0.717, 1.165) is 28.2 Å². The predicted molar refractivity (Wildman–Crippen MR) is 115 cm³/mol. The number of quaternary nitrogens is 1. The van der Waals surface area contributed by atoms with Crippen LogP contribution >= 0.6 is 0 Å². The zero-order valence-corrected chi connectivity index (χ0v) is 16.3. The number of halogens is 1. The van der Waals surface area contributed by atoms with E-state index in [9.17, 15) is 4.39 Å². The second-order valence-electron chi connectivity index (χ2n) is 6.79. The molecule has 0 unspecified atom stereocenters. The van der Waals surface area contributed by atoms with Crippen LogP contribution in [0.1, 0.15) is 16.7 Å². The molecule has 3 N–H and O–H groups in total. The summed E-state index contributed by atoms with van der Waals surface area (Å²) in [5.41, 5.74) is 4.47. The van der Waals surface area contributed by atoms with E-state index in [-0.39, 0.29) is 5.82 Å². The fourth-order valence-electron chi connectivity index (χ4n) is 3.22. The van der Waals surface area contributed by atoms with E-state index in [1.54, 1.807) is 24.5 Å². The third-order valence-corrected chi connectivity index (χ3v) is 4.72. The van der Waals surface area contributed by atoms with Crippen LogP contribution in [0.15, 0.2) is 109 Å². The summed E-state index contributed by atoms with van der Waals surface area (Å²) in [6, 6.07) is 19.7. The van der Waals surface area contributed by atoms with Gasteiger partial charge in [0.25, 0.3) is 0 Å². The molecule has 0 spiro atoms. The van der Waals surface area contributed by atoms with Crippen molar-refractivity contribution >= 4 is 11.3 Å². The van der Waals surface area contributed by atoms with Crippen LogP contribution in [-0.4, -0.2) is 10.7 Å². The lowest BCUT2D eigenvalue weighted by Crippen LogP contribution is -2.76. The highest BCUT2D eigenvalue weighted by Crippen LogP contribution is 2.24. The smallest absolute Gasteiger partial charge is 0.147 e. The average molecular weight is 398 g/mol. The molecule has 0 fully saturated rings. The first kappa shape index (κ1) is 19.5. The summed E-state index contributed by atoms with van der Waals surface area (Å²) >= 11 is 0. The maximum atomic E-state index is 13.4. The van der Waals surface area contributed by atoms with Gasteiger partial charge in [-0.05, 0) is 47.5 Å². The number of hydrogen-bond donors (Lipinski definition) is 2. The molecular weight excluding hydrogens is 377 g/mol. The molecule has 0 atom stereocenters. The number of hydrogen-bond acceptors (Lipinski definition) is 3. The number of pyridine rings is 1. The van der Waals surface area contributed by atoms with Gasteiger partial charge in [0, 0.05) is 30.1 Å². The average Bonchev–Trinajstić information content (AvgIpc) is 2.80. The fourth-order valence-corrected chi connectivity index (χ4v) is 3.22. The van der Waals surface area contributed by atoms with Crippen LogP contribution in [0.25, 0.3) is 5.57 Å². The summed E-state index contributed by atoms with van der Waals surface area (Å²) in [5, 5.41) is 10.8. The topological polar surface area (TPSA) is 62.6 Å². The Morgan fingerprint density at radius 2 is 1.67 bits per heavy atom. The van der Waals surface area contributed by atoms with Gasteiger partial charge in [-0.25, -0.2) is 4.39 Å². The van der Waals surface area contributed by atoms with Crippen LogP contribution in [0.5, 0.6) is 0 Å². The van der Waals surface area contributed by atoms with E-state index in [2.05, 4.69) is 4.98 Å². The lowest BCUT2D eigenvalue weighted by atomic mass is 9.94. The van der Waals surface area contributed by atoms with Gasteiger partial charge < -0.3 is 4.74 Å². The molecule has 2 aromatic carbocycles. The monoisotopic (exact) mass is 398 g/mol. The molecule has 2 heterocycles. The number of nitrogens with zero attached hydrogens (tertiary/aromatic N) is 1. The van der Waals surface area contributed by atoms with Gasteiger partial charge >= 0.3 is 0 Å². The second-order valence-corrected chi connectivity index (χ2v) is 6.79. The largest absolute Gasteiger partial charge is 0.488 e. The molecule has 1 aliphatic rings. The number of nitrogens with one attached hydrogen (secondary N) is 1. The van der Waals surface area contributed by atoms with Gasteiger partial charge in [-0.1, -0.05) is 30.3 Å². The maximum Gasteiger partial charge on any atom is 0.147 e. The van der Waals surface area contributed by atoms with Gasteiger partial charge in [-0.15, -0.1) is 0 Å². The number of aromatic nitrogens is 1. The lowest BCUT2D eigenvalue weighted by Gasteiger charge is -2.15. The Morgan fingerprint density at radius 3 is 2.40 bits per heavy atom. The molecule has 0 bridgehead atoms. The Morgan fingerprint density at radius 1 is 0.933 bits per heavy atom. The normalized spacial score (nSPS) is 14.8. The second kappa shape index (κ2) is 9.11. The Hall–Kier alpha value is -3.83. The van der Waals surface area contributed by atoms with Crippen LogP contribution in [0, 0.1) is 11.2 Å². The highest BCUT2D eigenvalue weighted by Gasteiger charge is 2.20. The molecule has 4 nitrogen and oxygen atoms in total. The first-order chi connectivity index (χ1) is 14.7. The molecule has 1 aliphatic heterocycles. The van der Waals surface area contributed by atoms with Crippen LogP contribution in [0.4, 0.5) is 4.39 Å². The van der Waals surface area contributed by atoms with Crippen molar-refractivity contribution in [2.45, 2.75) is 6.61 Å². The molecule has 0 amide bonds. The first-order valence-electron chi connectivity index (χ1n) is 9.60. The molecule has 5 heteroatoms. The minimum Gasteiger partial charge on any atom is -0.488 e. The maximum absolute atomic E-state index is 13.4. The Bertz CT molecular complexity index is 1120. The molecule has 0 saturated heterocycles. The van der Waals surface area contributed by atoms with Crippen molar-refractivity contribution in [3.05, 3.63) is 131 Å². The fraction of sp³-hybridized carbons (Fsp3) is 0.0400. The standard InChI is InChI=1S/C25H20FN3O/c26-21-8-6-20(7-9-21)25(27)24(19-10-13-28-14-11-19)23-16-22(12-15-29-23)30-17-18-4-2-1-3-5-18/h1-16,27,29H,17H2/p+1. The summed E-state index contributed by atoms with van der Waals surface area (Å²) in [5.74, 6) is 0.392. The van der Waals surface area contributed by atoms with E-state index < -0.39 is 0 Å². The van der Waals surface area contributed by atoms with E-state index in [0.29, 0.717) is 17.9 Å². The molecule has 30 heavy (non-hydrogen) atoms. The zero-order chi connectivity index (χ0) is 20.8. The SMILES string of the molecule is N=C(C(=C1C=C(OCc2ccccc2)C=C[NH2+]1)c1ccncc1)c1ccc(F)cc1. The summed E-state index contributed by atoms with van der Waals surface area (Å²) in [4.78, 5) is 4.09. The quantitative estimate of drug-likeness (QED) is 0.612. The van der Waals surface area contributed by atoms with Crippen LogP contribution in [0.2, 0.25) is 0 Å². The lowest BCUT2D eigenvalue weighted by molar-refractivity contribution is -0.529. The molecule has 4 rings (SSSR count). The summed E-state index contributed by atoms with van der Waals surface area (Å²) in [6.07, 6.45) is 9.13. The molecule has 0 radical (unpaired) electrons. The molecule has 0 aliphatic carbocycles. The van der Waals surface area contributed by atoms with Gasteiger partial charge in [0.2, 0.25) is 0 Å². The zero-order valence-electron chi connectivity index (χ0n) is 16.3. The highest BCUT2D eigenvalue weighted by atomic mass is 19.1. The van der Waals surface area contributed by atoms with Crippen molar-refractivity contribution in [3.8, 4) is 0 Å². The number of allylic oxidation sites excluding steroid dienone is 3. The van der Waals surface area contributed by atoms with E-state index in [1.807, 2.05) is 66.1 Å². The molecule has 148 valence electrons. The van der Waals surface area contributed by atoms with E-state index in [1.165, 1.54) is 12.1 Å². The van der Waals surface area contributed by atoms with Crippen LogP contribution < -0.4 is 5.32 Å². The predicted octanol–water partition coefficient (Wildman–Crippen LogP) is 4.19. The Kier molecular flexibility index (Phi) is 5.92. The molecule has 1 aromatic heterocycles. The Labute approximate surface area is 174 Å². The summed E-state index contributed by atoms with van der Waals surface area (Å²) in [7, 11) is 0. The number of nitrogens with two attached hydrogens (primary N) is 1. The number of rotatable bonds is 6. The molecular formula is C25H21FN3O+. The van der Waals surface area contributed by atoms with E-state index >= 15 is 0 Å². The third kappa shape index (κ3) is 4.59. The van der Waals surface area contributed by atoms with Gasteiger partial charge in [-0.2, -0.15) is 0 Å². The van der Waals surface area contributed by atoms with Crippen molar-refractivity contribution in [2.24, 2.45) is 0 Å². The van der Waals surface area contributed by atoms with Crippen LogP contribution in [0.3, 0.4) is 0 Å². The van der Waals surface area contributed by atoms with Crippen molar-refractivity contribution < 1.29 is 14.4 Å². The van der Waals surface area contributed by atoms with Crippen molar-refractivity contribution in [1.82, 2.24) is 4.98 Å². The highest BCUT2D eigenvalue weighted by molar-refractivity contribution is 6.31. The molecule has 0 saturated carbocycles. The van der Waals surface area contributed by atoms with Gasteiger partial charge in [0.05, 0.1) is 11.3 Å². The summed E-state index contributed by atoms with van der Waals surface area (Å²) in [6.45, 7) is 0.463.